The Morgan fingerprint density at radius 2 is 1.94 bits per heavy atom. The predicted molar refractivity (Wildman–Crippen MR) is 64.0 cm³/mol. The summed E-state index contributed by atoms with van der Waals surface area (Å²) >= 11 is 5.74. The van der Waals surface area contributed by atoms with Crippen molar-refractivity contribution in [3.63, 3.8) is 0 Å². The molecule has 1 unspecified atom stereocenters. The molecule has 0 aliphatic heterocycles. The van der Waals surface area contributed by atoms with Crippen LogP contribution in [0.4, 0.5) is 4.79 Å². The lowest BCUT2D eigenvalue weighted by Gasteiger charge is -2.17. The van der Waals surface area contributed by atoms with Crippen molar-refractivity contribution >= 4 is 23.6 Å². The topological polar surface area (TPSA) is 78.4 Å². The maximum Gasteiger partial charge on any atom is 0.405 e. The van der Waals surface area contributed by atoms with Crippen molar-refractivity contribution in [1.82, 2.24) is 10.6 Å². The van der Waals surface area contributed by atoms with Crippen LogP contribution in [-0.4, -0.2) is 23.7 Å². The number of nitrogens with one attached hydrogen (secondary N) is 2. The third kappa shape index (κ3) is 4.74. The zero-order chi connectivity index (χ0) is 12.8. The molecule has 0 heterocycles. The lowest BCUT2D eigenvalue weighted by molar-refractivity contribution is -0.119. The number of hydrogen-bond donors (Lipinski definition) is 3. The van der Waals surface area contributed by atoms with Crippen LogP contribution < -0.4 is 10.6 Å². The zero-order valence-corrected chi connectivity index (χ0v) is 9.99. The van der Waals surface area contributed by atoms with Gasteiger partial charge in [-0.15, -0.1) is 0 Å². The fourth-order valence-electron chi connectivity index (χ4n) is 1.34. The fraction of sp³-hybridized carbons (Fsp3) is 0.273. The number of carbonyl (C=O) groups is 2. The first kappa shape index (κ1) is 13.3. The SMILES string of the molecule is CC(=O)NCC(NC(=O)O)c1ccc(Cl)cc1. The molecule has 6 heteroatoms. The minimum absolute atomic E-state index is 0.198. The van der Waals surface area contributed by atoms with Gasteiger partial charge in [-0.1, -0.05) is 23.7 Å². The van der Waals surface area contributed by atoms with E-state index in [1.165, 1.54) is 6.92 Å². The van der Waals surface area contributed by atoms with E-state index in [0.29, 0.717) is 5.02 Å². The van der Waals surface area contributed by atoms with Gasteiger partial charge in [-0.2, -0.15) is 0 Å². The highest BCUT2D eigenvalue weighted by molar-refractivity contribution is 6.30. The minimum atomic E-state index is -1.14. The van der Waals surface area contributed by atoms with Gasteiger partial charge in [0.15, 0.2) is 0 Å². The summed E-state index contributed by atoms with van der Waals surface area (Å²) < 4.78 is 0. The predicted octanol–water partition coefficient (Wildman–Crippen LogP) is 1.78. The maximum atomic E-state index is 10.8. The van der Waals surface area contributed by atoms with Gasteiger partial charge in [0.2, 0.25) is 5.91 Å². The highest BCUT2D eigenvalue weighted by atomic mass is 35.5. The molecule has 5 nitrogen and oxygen atoms in total. The Morgan fingerprint density at radius 1 is 1.35 bits per heavy atom. The zero-order valence-electron chi connectivity index (χ0n) is 9.24. The van der Waals surface area contributed by atoms with Gasteiger partial charge < -0.3 is 15.7 Å². The summed E-state index contributed by atoms with van der Waals surface area (Å²) in [4.78, 5) is 21.5. The van der Waals surface area contributed by atoms with E-state index in [-0.39, 0.29) is 12.5 Å². The van der Waals surface area contributed by atoms with Gasteiger partial charge in [0.25, 0.3) is 0 Å². The van der Waals surface area contributed by atoms with Crippen LogP contribution in [0.3, 0.4) is 0 Å². The Hall–Kier alpha value is -1.75. The summed E-state index contributed by atoms with van der Waals surface area (Å²) in [6.07, 6.45) is -1.14. The second-order valence-corrected chi connectivity index (χ2v) is 3.93. The molecule has 0 saturated heterocycles. The molecule has 0 radical (unpaired) electrons. The van der Waals surface area contributed by atoms with Crippen molar-refractivity contribution in [2.24, 2.45) is 0 Å². The molecule has 2 amide bonds. The van der Waals surface area contributed by atoms with Gasteiger partial charge in [-0.3, -0.25) is 4.79 Å². The normalized spacial score (nSPS) is 11.6. The highest BCUT2D eigenvalue weighted by Crippen LogP contribution is 2.16. The summed E-state index contributed by atoms with van der Waals surface area (Å²) in [5.74, 6) is -0.212. The first-order chi connectivity index (χ1) is 7.99. The molecule has 0 saturated carbocycles. The number of amides is 2. The fourth-order valence-corrected chi connectivity index (χ4v) is 1.47. The Balaban J connectivity index is 2.77. The molecular formula is C11H13ClN2O3. The standard InChI is InChI=1S/C11H13ClN2O3/c1-7(15)13-6-10(14-11(16)17)8-2-4-9(12)5-3-8/h2-5,10,14H,6H2,1H3,(H,13,15)(H,16,17). The molecule has 17 heavy (non-hydrogen) atoms. The molecular weight excluding hydrogens is 244 g/mol. The van der Waals surface area contributed by atoms with E-state index in [0.717, 1.165) is 5.56 Å². The summed E-state index contributed by atoms with van der Waals surface area (Å²) in [5, 5.41) is 14.2. The lowest BCUT2D eigenvalue weighted by Crippen LogP contribution is -2.36. The number of benzene rings is 1. The van der Waals surface area contributed by atoms with E-state index >= 15 is 0 Å². The van der Waals surface area contributed by atoms with E-state index < -0.39 is 12.1 Å². The van der Waals surface area contributed by atoms with Gasteiger partial charge in [0, 0.05) is 18.5 Å². The van der Waals surface area contributed by atoms with E-state index in [9.17, 15) is 9.59 Å². The average Bonchev–Trinajstić information content (AvgIpc) is 2.25. The first-order valence-corrected chi connectivity index (χ1v) is 5.36. The molecule has 1 rings (SSSR count). The van der Waals surface area contributed by atoms with Crippen LogP contribution in [-0.2, 0) is 4.79 Å². The molecule has 0 aliphatic rings. The number of carbonyl (C=O) groups excluding carboxylic acids is 1. The summed E-state index contributed by atoms with van der Waals surface area (Å²) in [5.41, 5.74) is 0.741. The summed E-state index contributed by atoms with van der Waals surface area (Å²) in [7, 11) is 0. The van der Waals surface area contributed by atoms with Gasteiger partial charge >= 0.3 is 6.09 Å². The molecule has 0 fully saturated rings. The van der Waals surface area contributed by atoms with Crippen LogP contribution in [0.2, 0.25) is 5.02 Å². The second kappa shape index (κ2) is 6.10. The Kier molecular flexibility index (Phi) is 4.78. The van der Waals surface area contributed by atoms with E-state index in [1.54, 1.807) is 24.3 Å². The van der Waals surface area contributed by atoms with Gasteiger partial charge in [-0.05, 0) is 17.7 Å². The Bertz CT molecular complexity index is 406. The van der Waals surface area contributed by atoms with E-state index in [1.807, 2.05) is 0 Å². The number of hydrogen-bond acceptors (Lipinski definition) is 2. The second-order valence-electron chi connectivity index (χ2n) is 3.49. The highest BCUT2D eigenvalue weighted by Gasteiger charge is 2.14. The molecule has 0 aliphatic carbocycles. The number of rotatable bonds is 4. The number of carboxylic acid groups (broad SMARTS) is 1. The largest absolute Gasteiger partial charge is 0.465 e. The summed E-state index contributed by atoms with van der Waals surface area (Å²) in [6, 6.07) is 6.27. The average molecular weight is 257 g/mol. The quantitative estimate of drug-likeness (QED) is 0.768. The van der Waals surface area contributed by atoms with E-state index in [2.05, 4.69) is 10.6 Å². The van der Waals surface area contributed by atoms with Crippen LogP contribution >= 0.6 is 11.6 Å². The van der Waals surface area contributed by atoms with Crippen molar-refractivity contribution in [3.8, 4) is 0 Å². The van der Waals surface area contributed by atoms with Gasteiger partial charge in [0.05, 0.1) is 6.04 Å². The van der Waals surface area contributed by atoms with Crippen molar-refractivity contribution in [2.75, 3.05) is 6.54 Å². The third-order valence-electron chi connectivity index (χ3n) is 2.13. The van der Waals surface area contributed by atoms with Gasteiger partial charge in [-0.25, -0.2) is 4.79 Å². The molecule has 0 bridgehead atoms. The van der Waals surface area contributed by atoms with Crippen molar-refractivity contribution in [2.45, 2.75) is 13.0 Å². The van der Waals surface area contributed by atoms with Gasteiger partial charge in [0.1, 0.15) is 0 Å². The number of halogens is 1. The third-order valence-corrected chi connectivity index (χ3v) is 2.38. The maximum absolute atomic E-state index is 10.8. The van der Waals surface area contributed by atoms with Crippen LogP contribution in [0, 0.1) is 0 Å². The van der Waals surface area contributed by atoms with Crippen molar-refractivity contribution in [3.05, 3.63) is 34.9 Å². The molecule has 1 aromatic carbocycles. The molecule has 3 N–H and O–H groups in total. The molecule has 1 aromatic rings. The van der Waals surface area contributed by atoms with Crippen LogP contribution in [0.15, 0.2) is 24.3 Å². The minimum Gasteiger partial charge on any atom is -0.465 e. The van der Waals surface area contributed by atoms with Crippen LogP contribution in [0.1, 0.15) is 18.5 Å². The smallest absolute Gasteiger partial charge is 0.405 e. The molecule has 92 valence electrons. The molecule has 0 spiro atoms. The first-order valence-electron chi connectivity index (χ1n) is 4.98. The lowest BCUT2D eigenvalue weighted by atomic mass is 10.1. The Morgan fingerprint density at radius 3 is 2.41 bits per heavy atom. The van der Waals surface area contributed by atoms with E-state index in [4.69, 9.17) is 16.7 Å². The monoisotopic (exact) mass is 256 g/mol. The summed E-state index contributed by atoms with van der Waals surface area (Å²) in [6.45, 7) is 1.57. The Labute approximate surface area is 104 Å². The van der Waals surface area contributed by atoms with Crippen LogP contribution in [0.5, 0.6) is 0 Å². The van der Waals surface area contributed by atoms with Crippen LogP contribution in [0.25, 0.3) is 0 Å². The molecule has 0 aromatic heterocycles. The van der Waals surface area contributed by atoms with Crippen molar-refractivity contribution < 1.29 is 14.7 Å². The van der Waals surface area contributed by atoms with Crippen molar-refractivity contribution in [1.29, 1.82) is 0 Å². The molecule has 1 atom stereocenters.